The Balaban J connectivity index is 1.59. The number of nitrogens with zero attached hydrogens (tertiary/aromatic N) is 1. The Labute approximate surface area is 167 Å². The number of esters is 1. The van der Waals surface area contributed by atoms with Crippen molar-refractivity contribution in [1.29, 1.82) is 0 Å². The normalized spacial score (nSPS) is 14.5. The van der Waals surface area contributed by atoms with Gasteiger partial charge in [-0.15, -0.1) is 0 Å². The highest BCUT2D eigenvalue weighted by atomic mass is 35.5. The molecule has 0 aromatic heterocycles. The summed E-state index contributed by atoms with van der Waals surface area (Å²) in [6, 6.07) is 10.9. The molecule has 1 aliphatic carbocycles. The summed E-state index contributed by atoms with van der Waals surface area (Å²) in [6.45, 7) is -0.422. The summed E-state index contributed by atoms with van der Waals surface area (Å²) in [5.74, 6) is -0.561. The van der Waals surface area contributed by atoms with Crippen LogP contribution in [0.3, 0.4) is 0 Å². The zero-order chi connectivity index (χ0) is 20.1. The van der Waals surface area contributed by atoms with Crippen LogP contribution < -0.4 is 0 Å². The molecule has 0 heterocycles. The van der Waals surface area contributed by atoms with Gasteiger partial charge in [-0.2, -0.15) is 0 Å². The quantitative estimate of drug-likeness (QED) is 0.282. The van der Waals surface area contributed by atoms with Gasteiger partial charge < -0.3 is 4.74 Å². The standard InChI is InChI=1S/C21H20ClNO5/c22-19-12-17(23(26)27)10-11-18(19)21(25)28-13-20(24)16-8-6-15(7-9-16)14-4-2-1-3-5-14/h6-12,14H,1-5,13H2. The Morgan fingerprint density at radius 3 is 2.36 bits per heavy atom. The molecule has 0 N–H and O–H groups in total. The van der Waals surface area contributed by atoms with Crippen LogP contribution >= 0.6 is 11.6 Å². The molecule has 2 aromatic carbocycles. The molecule has 1 saturated carbocycles. The molecule has 6 nitrogen and oxygen atoms in total. The molecule has 0 amide bonds. The molecule has 0 saturated heterocycles. The van der Waals surface area contributed by atoms with Crippen molar-refractivity contribution in [2.45, 2.75) is 38.0 Å². The summed E-state index contributed by atoms with van der Waals surface area (Å²) in [6.07, 6.45) is 6.14. The summed E-state index contributed by atoms with van der Waals surface area (Å²) >= 11 is 5.90. The summed E-state index contributed by atoms with van der Waals surface area (Å²) in [5.41, 5.74) is 1.47. The second-order valence-corrected chi connectivity index (χ2v) is 7.28. The lowest BCUT2D eigenvalue weighted by Crippen LogP contribution is -2.15. The molecule has 0 unspecified atom stereocenters. The van der Waals surface area contributed by atoms with Gasteiger partial charge in [-0.25, -0.2) is 4.79 Å². The number of rotatable bonds is 6. The van der Waals surface area contributed by atoms with Gasteiger partial charge in [0.2, 0.25) is 0 Å². The molecule has 1 aliphatic rings. The van der Waals surface area contributed by atoms with Gasteiger partial charge in [0.25, 0.3) is 5.69 Å². The minimum absolute atomic E-state index is 0.0206. The van der Waals surface area contributed by atoms with Gasteiger partial charge in [-0.1, -0.05) is 55.1 Å². The largest absolute Gasteiger partial charge is 0.454 e. The Morgan fingerprint density at radius 1 is 1.07 bits per heavy atom. The van der Waals surface area contributed by atoms with Gasteiger partial charge in [-0.3, -0.25) is 14.9 Å². The molecule has 28 heavy (non-hydrogen) atoms. The summed E-state index contributed by atoms with van der Waals surface area (Å²) < 4.78 is 5.03. The van der Waals surface area contributed by atoms with E-state index in [1.165, 1.54) is 43.7 Å². The molecule has 0 radical (unpaired) electrons. The third-order valence-corrected chi connectivity index (χ3v) is 5.34. The van der Waals surface area contributed by atoms with Crippen LogP contribution in [0.25, 0.3) is 0 Å². The first-order valence-corrected chi connectivity index (χ1v) is 9.57. The van der Waals surface area contributed by atoms with Crippen molar-refractivity contribution in [2.24, 2.45) is 0 Å². The first-order valence-electron chi connectivity index (χ1n) is 9.20. The van der Waals surface area contributed by atoms with Gasteiger partial charge in [0, 0.05) is 17.7 Å². The molecule has 1 fully saturated rings. The van der Waals surface area contributed by atoms with Crippen molar-refractivity contribution in [3.05, 3.63) is 74.3 Å². The number of benzene rings is 2. The van der Waals surface area contributed by atoms with Crippen LogP contribution in [0.5, 0.6) is 0 Å². The van der Waals surface area contributed by atoms with Crippen molar-refractivity contribution >= 4 is 29.0 Å². The number of non-ortho nitro benzene ring substituents is 1. The van der Waals surface area contributed by atoms with Crippen molar-refractivity contribution in [3.63, 3.8) is 0 Å². The van der Waals surface area contributed by atoms with E-state index in [1.807, 2.05) is 12.1 Å². The molecule has 0 atom stereocenters. The molecular formula is C21H20ClNO5. The van der Waals surface area contributed by atoms with Crippen LogP contribution in [0, 0.1) is 10.1 Å². The predicted octanol–water partition coefficient (Wildman–Crippen LogP) is 5.34. The maximum atomic E-state index is 12.3. The van der Waals surface area contributed by atoms with Gasteiger partial charge in [0.1, 0.15) is 0 Å². The van der Waals surface area contributed by atoms with Crippen LogP contribution in [-0.2, 0) is 4.74 Å². The van der Waals surface area contributed by atoms with E-state index in [0.29, 0.717) is 11.5 Å². The predicted molar refractivity (Wildman–Crippen MR) is 105 cm³/mol. The smallest absolute Gasteiger partial charge is 0.340 e. The van der Waals surface area contributed by atoms with E-state index in [0.717, 1.165) is 12.1 Å². The number of carbonyl (C=O) groups is 2. The van der Waals surface area contributed by atoms with Crippen molar-refractivity contribution < 1.29 is 19.2 Å². The highest BCUT2D eigenvalue weighted by Gasteiger charge is 2.19. The van der Waals surface area contributed by atoms with Crippen molar-refractivity contribution in [2.75, 3.05) is 6.61 Å². The minimum Gasteiger partial charge on any atom is -0.454 e. The number of Topliss-reactive ketones (excluding diaryl/α,β-unsaturated/α-hetero) is 1. The Kier molecular flexibility index (Phi) is 6.41. The second kappa shape index (κ2) is 8.97. The highest BCUT2D eigenvalue weighted by Crippen LogP contribution is 2.32. The maximum Gasteiger partial charge on any atom is 0.340 e. The Hall–Kier alpha value is -2.73. The number of hydrogen-bond donors (Lipinski definition) is 0. The van der Waals surface area contributed by atoms with Crippen LogP contribution in [-0.4, -0.2) is 23.3 Å². The molecule has 7 heteroatoms. The fourth-order valence-corrected chi connectivity index (χ4v) is 3.70. The lowest BCUT2D eigenvalue weighted by Gasteiger charge is -2.22. The maximum absolute atomic E-state index is 12.3. The molecule has 2 aromatic rings. The summed E-state index contributed by atoms with van der Waals surface area (Å²) in [7, 11) is 0. The third kappa shape index (κ3) is 4.75. The summed E-state index contributed by atoms with van der Waals surface area (Å²) in [4.78, 5) is 34.5. The van der Waals surface area contributed by atoms with E-state index in [-0.39, 0.29) is 22.1 Å². The van der Waals surface area contributed by atoms with E-state index in [4.69, 9.17) is 16.3 Å². The first-order chi connectivity index (χ1) is 13.5. The average molecular weight is 402 g/mol. The van der Waals surface area contributed by atoms with E-state index in [2.05, 4.69) is 0 Å². The lowest BCUT2D eigenvalue weighted by atomic mass is 9.84. The van der Waals surface area contributed by atoms with Crippen LogP contribution in [0.2, 0.25) is 5.02 Å². The lowest BCUT2D eigenvalue weighted by molar-refractivity contribution is -0.384. The second-order valence-electron chi connectivity index (χ2n) is 6.88. The van der Waals surface area contributed by atoms with Gasteiger partial charge in [0.05, 0.1) is 15.5 Å². The molecule has 0 spiro atoms. The fraction of sp³-hybridized carbons (Fsp3) is 0.333. The molecular weight excluding hydrogens is 382 g/mol. The number of hydrogen-bond acceptors (Lipinski definition) is 5. The molecule has 3 rings (SSSR count). The zero-order valence-electron chi connectivity index (χ0n) is 15.2. The van der Waals surface area contributed by atoms with Crippen molar-refractivity contribution in [1.82, 2.24) is 0 Å². The van der Waals surface area contributed by atoms with Crippen LogP contribution in [0.1, 0.15) is 64.3 Å². The number of ether oxygens (including phenoxy) is 1. The van der Waals surface area contributed by atoms with Gasteiger partial charge >= 0.3 is 5.97 Å². The van der Waals surface area contributed by atoms with E-state index < -0.39 is 17.5 Å². The van der Waals surface area contributed by atoms with Crippen LogP contribution in [0.15, 0.2) is 42.5 Å². The third-order valence-electron chi connectivity index (χ3n) is 5.03. The fourth-order valence-electron chi connectivity index (χ4n) is 3.45. The SMILES string of the molecule is O=C(COC(=O)c1ccc([N+](=O)[O-])cc1Cl)c1ccc(C2CCCCC2)cc1. The average Bonchev–Trinajstić information content (AvgIpc) is 2.72. The summed E-state index contributed by atoms with van der Waals surface area (Å²) in [5, 5.41) is 10.6. The van der Waals surface area contributed by atoms with E-state index in [9.17, 15) is 19.7 Å². The molecule has 0 aliphatic heterocycles. The van der Waals surface area contributed by atoms with Gasteiger partial charge in [-0.05, 0) is 30.4 Å². The number of halogens is 1. The monoisotopic (exact) mass is 401 g/mol. The first kappa shape index (κ1) is 20.0. The highest BCUT2D eigenvalue weighted by molar-refractivity contribution is 6.33. The minimum atomic E-state index is -0.799. The number of nitro groups is 1. The molecule has 0 bridgehead atoms. The topological polar surface area (TPSA) is 86.5 Å². The number of nitro benzene ring substituents is 1. The zero-order valence-corrected chi connectivity index (χ0v) is 16.0. The Bertz CT molecular complexity index is 888. The van der Waals surface area contributed by atoms with E-state index in [1.54, 1.807) is 12.1 Å². The number of carbonyl (C=O) groups excluding carboxylic acids is 2. The van der Waals surface area contributed by atoms with Crippen LogP contribution in [0.4, 0.5) is 5.69 Å². The number of ketones is 1. The molecule has 146 valence electrons. The van der Waals surface area contributed by atoms with Gasteiger partial charge in [0.15, 0.2) is 12.4 Å². The van der Waals surface area contributed by atoms with E-state index >= 15 is 0 Å². The Morgan fingerprint density at radius 2 is 1.75 bits per heavy atom. The van der Waals surface area contributed by atoms with Crippen molar-refractivity contribution in [3.8, 4) is 0 Å².